The molecule has 3 heteroatoms. The molecule has 0 saturated carbocycles. The van der Waals surface area contributed by atoms with E-state index in [1.165, 1.54) is 10.4 Å². The Kier molecular flexibility index (Phi) is 6.28. The molecule has 0 spiro atoms. The van der Waals surface area contributed by atoms with Crippen LogP contribution in [-0.2, 0) is 0 Å². The maximum Gasteiger partial charge on any atom is 0.0442 e. The topological polar surface area (TPSA) is 12.0 Å². The molecule has 0 aliphatic rings. The predicted molar refractivity (Wildman–Crippen MR) is 94.1 cm³/mol. The quantitative estimate of drug-likeness (QED) is 0.637. The number of hydrogen-bond donors (Lipinski definition) is 1. The summed E-state index contributed by atoms with van der Waals surface area (Å²) >= 11 is 7.85. The Labute approximate surface area is 137 Å². The fourth-order valence-corrected chi connectivity index (χ4v) is 3.70. The lowest BCUT2D eigenvalue weighted by Crippen LogP contribution is -2.29. The number of thiophene rings is 1. The first-order valence-electron chi connectivity index (χ1n) is 7.66. The molecule has 21 heavy (non-hydrogen) atoms. The van der Waals surface area contributed by atoms with Gasteiger partial charge in [0.2, 0.25) is 0 Å². The van der Waals surface area contributed by atoms with Crippen LogP contribution >= 0.6 is 22.9 Å². The molecule has 0 amide bonds. The molecule has 2 atom stereocenters. The molecule has 0 bridgehead atoms. The smallest absolute Gasteiger partial charge is 0.0442 e. The first kappa shape index (κ1) is 16.5. The van der Waals surface area contributed by atoms with Crippen LogP contribution in [0.15, 0.2) is 41.8 Å². The molecule has 0 saturated heterocycles. The van der Waals surface area contributed by atoms with Crippen molar-refractivity contribution in [1.82, 2.24) is 5.32 Å². The van der Waals surface area contributed by atoms with Crippen LogP contribution in [0.25, 0.3) is 0 Å². The van der Waals surface area contributed by atoms with Gasteiger partial charge in [-0.15, -0.1) is 11.3 Å². The maximum absolute atomic E-state index is 6.01. The molecular weight excluding hydrogens is 298 g/mol. The van der Waals surface area contributed by atoms with Gasteiger partial charge in [-0.1, -0.05) is 57.0 Å². The highest BCUT2D eigenvalue weighted by molar-refractivity contribution is 7.10. The lowest BCUT2D eigenvalue weighted by Gasteiger charge is -2.28. The molecule has 2 aromatic rings. The molecule has 114 valence electrons. The summed E-state index contributed by atoms with van der Waals surface area (Å²) in [5.41, 5.74) is 1.32. The van der Waals surface area contributed by atoms with Crippen LogP contribution in [0.4, 0.5) is 0 Å². The lowest BCUT2D eigenvalue weighted by atomic mass is 9.97. The molecule has 1 nitrogen and oxygen atoms in total. The molecule has 1 heterocycles. The van der Waals surface area contributed by atoms with Gasteiger partial charge in [0.1, 0.15) is 0 Å². The van der Waals surface area contributed by atoms with Crippen LogP contribution in [0.3, 0.4) is 0 Å². The zero-order valence-electron chi connectivity index (χ0n) is 13.0. The molecule has 0 fully saturated rings. The molecule has 1 N–H and O–H groups in total. The second-order valence-electron chi connectivity index (χ2n) is 5.80. The molecular formula is C18H24ClNS. The number of hydrogen-bond acceptors (Lipinski definition) is 2. The van der Waals surface area contributed by atoms with Crippen LogP contribution in [0, 0.1) is 5.92 Å². The van der Waals surface area contributed by atoms with E-state index in [4.69, 9.17) is 11.6 Å². The fourth-order valence-electron chi connectivity index (χ4n) is 2.62. The van der Waals surface area contributed by atoms with Gasteiger partial charge in [0, 0.05) is 22.0 Å². The van der Waals surface area contributed by atoms with Crippen molar-refractivity contribution < 1.29 is 0 Å². The van der Waals surface area contributed by atoms with E-state index in [0.717, 1.165) is 17.9 Å². The van der Waals surface area contributed by atoms with Crippen molar-refractivity contribution >= 4 is 22.9 Å². The number of rotatable bonds is 7. The van der Waals surface area contributed by atoms with Gasteiger partial charge in [-0.2, -0.15) is 0 Å². The highest BCUT2D eigenvalue weighted by Gasteiger charge is 2.21. The molecule has 2 unspecified atom stereocenters. The van der Waals surface area contributed by atoms with E-state index in [1.54, 1.807) is 0 Å². The highest BCUT2D eigenvalue weighted by Crippen LogP contribution is 2.31. The van der Waals surface area contributed by atoms with Gasteiger partial charge in [-0.25, -0.2) is 0 Å². The zero-order chi connectivity index (χ0) is 15.2. The third kappa shape index (κ3) is 4.57. The van der Waals surface area contributed by atoms with E-state index >= 15 is 0 Å². The van der Waals surface area contributed by atoms with Crippen molar-refractivity contribution in [3.05, 3.63) is 57.2 Å². The lowest BCUT2D eigenvalue weighted by molar-refractivity contribution is 0.354. The molecule has 1 aromatic carbocycles. The maximum atomic E-state index is 6.01. The first-order chi connectivity index (χ1) is 10.1. The molecule has 1 aromatic heterocycles. The minimum Gasteiger partial charge on any atom is -0.302 e. The second-order valence-corrected chi connectivity index (χ2v) is 7.21. The molecule has 0 aliphatic heterocycles. The Morgan fingerprint density at radius 1 is 1.14 bits per heavy atom. The van der Waals surface area contributed by atoms with Crippen molar-refractivity contribution in [3.63, 3.8) is 0 Å². The Morgan fingerprint density at radius 3 is 2.38 bits per heavy atom. The monoisotopic (exact) mass is 321 g/mol. The van der Waals surface area contributed by atoms with E-state index < -0.39 is 0 Å². The van der Waals surface area contributed by atoms with Crippen molar-refractivity contribution in [3.8, 4) is 0 Å². The van der Waals surface area contributed by atoms with Gasteiger partial charge < -0.3 is 5.32 Å². The Balaban J connectivity index is 2.19. The highest BCUT2D eigenvalue weighted by atomic mass is 35.5. The second kappa shape index (κ2) is 7.98. The van der Waals surface area contributed by atoms with Crippen molar-refractivity contribution in [2.45, 2.75) is 45.7 Å². The number of halogens is 1. The third-order valence-electron chi connectivity index (χ3n) is 3.75. The van der Waals surface area contributed by atoms with Crippen molar-refractivity contribution in [2.75, 3.05) is 0 Å². The van der Waals surface area contributed by atoms with Crippen molar-refractivity contribution in [1.29, 1.82) is 0 Å². The summed E-state index contributed by atoms with van der Waals surface area (Å²) in [6, 6.07) is 13.4. The third-order valence-corrected chi connectivity index (χ3v) is 4.95. The average Bonchev–Trinajstić information content (AvgIpc) is 2.98. The van der Waals surface area contributed by atoms with E-state index in [-0.39, 0.29) is 0 Å². The van der Waals surface area contributed by atoms with Crippen molar-refractivity contribution in [2.24, 2.45) is 5.92 Å². The van der Waals surface area contributed by atoms with Crippen LogP contribution < -0.4 is 5.32 Å². The van der Waals surface area contributed by atoms with Crippen LogP contribution in [0.5, 0.6) is 0 Å². The SMILES string of the molecule is CCCC(NC(c1cccs1)C(C)C)c1ccc(Cl)cc1. The van der Waals surface area contributed by atoms with Gasteiger partial charge in [0.05, 0.1) is 0 Å². The van der Waals surface area contributed by atoms with E-state index in [9.17, 15) is 0 Å². The predicted octanol–water partition coefficient (Wildman–Crippen LogP) is 6.23. The fraction of sp³-hybridized carbons (Fsp3) is 0.444. The normalized spacial score (nSPS) is 14.3. The Hall–Kier alpha value is -0.830. The number of benzene rings is 1. The van der Waals surface area contributed by atoms with Gasteiger partial charge in [0.15, 0.2) is 0 Å². The summed E-state index contributed by atoms with van der Waals surface area (Å²) in [4.78, 5) is 1.42. The first-order valence-corrected chi connectivity index (χ1v) is 8.92. The Bertz CT molecular complexity index is 519. The largest absolute Gasteiger partial charge is 0.302 e. The summed E-state index contributed by atoms with van der Waals surface area (Å²) < 4.78 is 0. The van der Waals surface area contributed by atoms with Gasteiger partial charge in [-0.3, -0.25) is 0 Å². The van der Waals surface area contributed by atoms with Crippen LogP contribution in [-0.4, -0.2) is 0 Å². The molecule has 0 radical (unpaired) electrons. The van der Waals surface area contributed by atoms with Gasteiger partial charge in [0.25, 0.3) is 0 Å². The van der Waals surface area contributed by atoms with Gasteiger partial charge >= 0.3 is 0 Å². The Morgan fingerprint density at radius 2 is 1.86 bits per heavy atom. The zero-order valence-corrected chi connectivity index (χ0v) is 14.5. The summed E-state index contributed by atoms with van der Waals surface area (Å²) in [5.74, 6) is 0.565. The van der Waals surface area contributed by atoms with E-state index in [1.807, 2.05) is 23.5 Å². The van der Waals surface area contributed by atoms with Crippen LogP contribution in [0.1, 0.15) is 56.1 Å². The standard InChI is InChI=1S/C18H24ClNS/c1-4-6-16(14-8-10-15(19)11-9-14)20-18(13(2)3)17-7-5-12-21-17/h5,7-13,16,18,20H,4,6H2,1-3H3. The van der Waals surface area contributed by atoms with Crippen LogP contribution in [0.2, 0.25) is 5.02 Å². The summed E-state index contributed by atoms with van der Waals surface area (Å²) in [6.45, 7) is 6.80. The summed E-state index contributed by atoms with van der Waals surface area (Å²) in [5, 5.41) is 6.81. The van der Waals surface area contributed by atoms with Gasteiger partial charge in [-0.05, 0) is 41.5 Å². The summed E-state index contributed by atoms with van der Waals surface area (Å²) in [7, 11) is 0. The minimum absolute atomic E-state index is 0.377. The van der Waals surface area contributed by atoms with E-state index in [0.29, 0.717) is 18.0 Å². The summed E-state index contributed by atoms with van der Waals surface area (Å²) in [6.07, 6.45) is 2.30. The molecule has 2 rings (SSSR count). The molecule has 0 aliphatic carbocycles. The van der Waals surface area contributed by atoms with E-state index in [2.05, 4.69) is 55.7 Å². The minimum atomic E-state index is 0.377. The average molecular weight is 322 g/mol. The number of nitrogens with one attached hydrogen (secondary N) is 1.